The number of hydrogen-bond acceptors (Lipinski definition) is 4. The van der Waals surface area contributed by atoms with Crippen molar-refractivity contribution in [1.29, 1.82) is 0 Å². The lowest BCUT2D eigenvalue weighted by Gasteiger charge is -2.09. The Morgan fingerprint density at radius 3 is 1.61 bits per heavy atom. The first kappa shape index (κ1) is 15.4. The highest BCUT2D eigenvalue weighted by atomic mass is 127. The van der Waals surface area contributed by atoms with Crippen molar-refractivity contribution in [3.05, 3.63) is 29.8 Å². The quantitative estimate of drug-likeness (QED) is 0.435. The molecule has 10 heteroatoms. The topological polar surface area (TPSA) is 109 Å². The van der Waals surface area contributed by atoms with Gasteiger partial charge in [-0.25, -0.2) is 15.7 Å². The molecule has 0 amide bonds. The van der Waals surface area contributed by atoms with E-state index >= 15 is 0 Å². The van der Waals surface area contributed by atoms with Gasteiger partial charge in [-0.1, -0.05) is 34.8 Å². The number of halogens is 4. The third-order valence-electron chi connectivity index (χ3n) is 1.85. The van der Waals surface area contributed by atoms with Gasteiger partial charge in [-0.3, -0.25) is 0 Å². The molecule has 18 heavy (non-hydrogen) atoms. The lowest BCUT2D eigenvalue weighted by atomic mass is 10.1. The number of hydrogen-bond donors (Lipinski definition) is 2. The molecule has 0 fully saturated rings. The van der Waals surface area contributed by atoms with Crippen LogP contribution in [0.1, 0.15) is 20.7 Å². The lowest BCUT2D eigenvalue weighted by Crippen LogP contribution is -2.09. The molecule has 0 aliphatic carbocycles. The van der Waals surface area contributed by atoms with Crippen molar-refractivity contribution >= 4 is 66.5 Å². The Morgan fingerprint density at radius 2 is 1.28 bits per heavy atom. The van der Waals surface area contributed by atoms with Gasteiger partial charge in [0.05, 0.1) is 26.2 Å². The normalized spacial score (nSPS) is 10.7. The molecule has 0 bridgehead atoms. The zero-order chi connectivity index (χ0) is 14.2. The van der Waals surface area contributed by atoms with Crippen molar-refractivity contribution in [2.75, 3.05) is 0 Å². The van der Waals surface area contributed by atoms with E-state index in [4.69, 9.17) is 45.0 Å². The molecule has 0 heterocycles. The fourth-order valence-corrected chi connectivity index (χ4v) is 4.32. The molecular formula is C8H2Cl3IO6. The predicted molar refractivity (Wildman–Crippen MR) is 69.5 cm³/mol. The maximum Gasteiger partial charge on any atom is 0.343 e. The van der Waals surface area contributed by atoms with Crippen molar-refractivity contribution in [3.8, 4) is 0 Å². The molecule has 0 atom stereocenters. The maximum atomic E-state index is 11.0. The molecule has 1 aromatic carbocycles. The Kier molecular flexibility index (Phi) is 4.76. The number of carbonyl (C=O) groups is 2. The maximum absolute atomic E-state index is 11.0. The number of benzene rings is 1. The zero-order valence-electron chi connectivity index (χ0n) is 8.04. The number of carboxylic acids is 2. The zero-order valence-corrected chi connectivity index (χ0v) is 12.5. The summed E-state index contributed by atoms with van der Waals surface area (Å²) in [6, 6.07) is 0. The van der Waals surface area contributed by atoms with Crippen LogP contribution in [0.2, 0.25) is 15.1 Å². The molecule has 2 N–H and O–H groups in total. The summed E-state index contributed by atoms with van der Waals surface area (Å²) in [6.07, 6.45) is 0. The van der Waals surface area contributed by atoms with E-state index in [1.54, 1.807) is 0 Å². The molecule has 6 nitrogen and oxygen atoms in total. The van der Waals surface area contributed by atoms with Crippen LogP contribution >= 0.6 is 54.6 Å². The van der Waals surface area contributed by atoms with Crippen molar-refractivity contribution < 1.29 is 25.9 Å². The lowest BCUT2D eigenvalue weighted by molar-refractivity contribution is 0.0695. The van der Waals surface area contributed by atoms with Crippen LogP contribution in [0.3, 0.4) is 0 Å². The van der Waals surface area contributed by atoms with E-state index in [1.165, 1.54) is 0 Å². The van der Waals surface area contributed by atoms with E-state index in [0.29, 0.717) is 0 Å². The molecule has 0 saturated heterocycles. The highest BCUT2D eigenvalue weighted by Gasteiger charge is 2.30. The summed E-state index contributed by atoms with van der Waals surface area (Å²) in [5, 5.41) is 15.7. The molecule has 0 saturated carbocycles. The Balaban J connectivity index is 4.00. The first-order valence-corrected chi connectivity index (χ1v) is 7.89. The Labute approximate surface area is 122 Å². The second-order valence-electron chi connectivity index (χ2n) is 2.83. The van der Waals surface area contributed by atoms with Crippen LogP contribution in [0.5, 0.6) is 0 Å². The average molecular weight is 427 g/mol. The number of carboxylic acid groups (broad SMARTS) is 2. The minimum atomic E-state index is -4.32. The van der Waals surface area contributed by atoms with Crippen LogP contribution in [-0.4, -0.2) is 22.2 Å². The summed E-state index contributed by atoms with van der Waals surface area (Å²) in [6.45, 7) is 0. The van der Waals surface area contributed by atoms with Crippen LogP contribution < -0.4 is 0 Å². The minimum Gasteiger partial charge on any atom is -0.478 e. The molecular weight excluding hydrogens is 425 g/mol. The largest absolute Gasteiger partial charge is 0.478 e. The van der Waals surface area contributed by atoms with Crippen molar-refractivity contribution in [2.45, 2.75) is 0 Å². The van der Waals surface area contributed by atoms with Gasteiger partial charge in [0.1, 0.15) is 3.57 Å². The molecule has 0 spiro atoms. The van der Waals surface area contributed by atoms with Crippen molar-refractivity contribution in [1.82, 2.24) is 0 Å². The predicted octanol–water partition coefficient (Wildman–Crippen LogP) is 3.41. The van der Waals surface area contributed by atoms with Gasteiger partial charge in [-0.2, -0.15) is 0 Å². The Bertz CT molecular complexity index is 628. The first-order valence-electron chi connectivity index (χ1n) is 3.92. The van der Waals surface area contributed by atoms with Gasteiger partial charge >= 0.3 is 31.7 Å². The number of rotatable bonds is 3. The molecule has 0 aliphatic heterocycles. The van der Waals surface area contributed by atoms with E-state index < -0.39 is 61.5 Å². The Morgan fingerprint density at radius 1 is 0.833 bits per heavy atom. The summed E-state index contributed by atoms with van der Waals surface area (Å²) >= 11 is 12.4. The van der Waals surface area contributed by atoms with E-state index in [2.05, 4.69) is 0 Å². The van der Waals surface area contributed by atoms with Gasteiger partial charge in [-0.15, -0.1) is 0 Å². The second-order valence-corrected chi connectivity index (χ2v) is 6.29. The van der Waals surface area contributed by atoms with Crippen molar-refractivity contribution in [2.24, 2.45) is 0 Å². The highest BCUT2D eigenvalue weighted by Crippen LogP contribution is 2.42. The van der Waals surface area contributed by atoms with Crippen LogP contribution in [0.25, 0.3) is 0 Å². The van der Waals surface area contributed by atoms with Crippen LogP contribution in [0.15, 0.2) is 0 Å². The molecule has 0 radical (unpaired) electrons. The second kappa shape index (κ2) is 5.55. The van der Waals surface area contributed by atoms with Crippen molar-refractivity contribution in [3.63, 3.8) is 0 Å². The van der Waals surface area contributed by atoms with E-state index in [9.17, 15) is 15.7 Å². The van der Waals surface area contributed by atoms with E-state index in [0.717, 1.165) is 0 Å². The molecule has 1 aromatic rings. The summed E-state index contributed by atoms with van der Waals surface area (Å²) < 4.78 is 21.4. The first-order chi connectivity index (χ1) is 8.20. The summed E-state index contributed by atoms with van der Waals surface area (Å²) in [4.78, 5) is 21.8. The van der Waals surface area contributed by atoms with Gasteiger partial charge in [0.2, 0.25) is 0 Å². The summed E-state index contributed by atoms with van der Waals surface area (Å²) in [5.74, 6) is -3.32. The van der Waals surface area contributed by atoms with Gasteiger partial charge in [-0.05, 0) is 0 Å². The molecule has 0 aliphatic rings. The summed E-state index contributed by atoms with van der Waals surface area (Å²) in [7, 11) is 0. The van der Waals surface area contributed by atoms with Crippen LogP contribution in [0.4, 0.5) is 0 Å². The van der Waals surface area contributed by atoms with E-state index in [-0.39, 0.29) is 0 Å². The SMILES string of the molecule is O=C(O)c1c(Cl)c(Cl)c(I(=O)=O)c(C(=O)O)c1Cl. The monoisotopic (exact) mass is 426 g/mol. The Hall–Kier alpha value is -0.640. The smallest absolute Gasteiger partial charge is 0.343 e. The fraction of sp³-hybridized carbons (Fsp3) is 0. The van der Waals surface area contributed by atoms with Crippen LogP contribution in [0, 0.1) is 3.57 Å². The van der Waals surface area contributed by atoms with E-state index in [1.807, 2.05) is 0 Å². The molecule has 98 valence electrons. The average Bonchev–Trinajstić information content (AvgIpc) is 2.21. The van der Waals surface area contributed by atoms with Gasteiger partial charge < -0.3 is 10.2 Å². The van der Waals surface area contributed by atoms with Gasteiger partial charge in [0.25, 0.3) is 0 Å². The van der Waals surface area contributed by atoms with Crippen LogP contribution in [-0.2, 0) is 6.14 Å². The van der Waals surface area contributed by atoms with Gasteiger partial charge in [0.15, 0.2) is 0 Å². The number of aromatic carboxylic acids is 2. The molecule has 1 rings (SSSR count). The van der Waals surface area contributed by atoms with Gasteiger partial charge in [0, 0.05) is 0 Å². The standard InChI is InChI=1S/C8H2Cl3IO6/c9-3-1(7(13)14)4(10)5(11)6(12(17)18)2(3)8(15)16/h(H,13,14)(H,15,16). The summed E-state index contributed by atoms with van der Waals surface area (Å²) in [5.41, 5.74) is -1.62. The minimum absolute atomic E-state index is 0.608. The highest BCUT2D eigenvalue weighted by molar-refractivity contribution is 14.2. The fourth-order valence-electron chi connectivity index (χ4n) is 1.15. The molecule has 0 unspecified atom stereocenters. The third-order valence-corrected chi connectivity index (χ3v) is 5.35. The molecule has 0 aromatic heterocycles. The third kappa shape index (κ3) is 2.53.